The van der Waals surface area contributed by atoms with Crippen molar-refractivity contribution in [2.75, 3.05) is 33.8 Å². The highest BCUT2D eigenvalue weighted by molar-refractivity contribution is 14.0. The van der Waals surface area contributed by atoms with Crippen molar-refractivity contribution in [3.63, 3.8) is 0 Å². The van der Waals surface area contributed by atoms with E-state index in [0.29, 0.717) is 12.1 Å². The Morgan fingerprint density at radius 2 is 1.96 bits per heavy atom. The Hall–Kier alpha value is -1.02. The number of aliphatic imine (C=N–C) groups is 1. The molecule has 0 bridgehead atoms. The van der Waals surface area contributed by atoms with Gasteiger partial charge in [0.2, 0.25) is 0 Å². The van der Waals surface area contributed by atoms with Crippen molar-refractivity contribution in [1.82, 2.24) is 15.5 Å². The van der Waals surface area contributed by atoms with Crippen LogP contribution in [0.2, 0.25) is 0 Å². The molecule has 6 heteroatoms. The number of rotatable bonds is 6. The zero-order valence-corrected chi connectivity index (χ0v) is 18.5. The molecule has 1 heterocycles. The first-order valence-corrected chi connectivity index (χ1v) is 9.57. The van der Waals surface area contributed by atoms with E-state index in [0.717, 1.165) is 37.3 Å². The maximum absolute atomic E-state index is 5.64. The van der Waals surface area contributed by atoms with Gasteiger partial charge in [0.05, 0.1) is 13.2 Å². The number of hydrogen-bond donors (Lipinski definition) is 2. The number of nitrogens with one attached hydrogen (secondary N) is 2. The first-order chi connectivity index (χ1) is 12.2. The molecule has 3 rings (SSSR count). The van der Waals surface area contributed by atoms with Crippen LogP contribution in [0.25, 0.3) is 0 Å². The number of piperidine rings is 1. The molecular formula is C20H33IN4O. The van der Waals surface area contributed by atoms with Gasteiger partial charge >= 0.3 is 0 Å². The number of methoxy groups -OCH3 is 1. The highest BCUT2D eigenvalue weighted by Gasteiger charge is 2.33. The molecular weight excluding hydrogens is 439 g/mol. The van der Waals surface area contributed by atoms with Gasteiger partial charge in [0.1, 0.15) is 5.75 Å². The van der Waals surface area contributed by atoms with Crippen LogP contribution in [0.4, 0.5) is 0 Å². The van der Waals surface area contributed by atoms with Gasteiger partial charge in [-0.15, -0.1) is 24.0 Å². The fourth-order valence-corrected chi connectivity index (χ4v) is 3.69. The number of likely N-dealkylation sites (tertiary alicyclic amines) is 1. The molecule has 1 aliphatic carbocycles. The molecule has 3 unspecified atom stereocenters. The molecule has 1 saturated carbocycles. The summed E-state index contributed by atoms with van der Waals surface area (Å²) in [6.45, 7) is 5.41. The predicted molar refractivity (Wildman–Crippen MR) is 119 cm³/mol. The fraction of sp³-hybridized carbons (Fsp3) is 0.650. The van der Waals surface area contributed by atoms with E-state index in [1.807, 2.05) is 13.1 Å². The van der Waals surface area contributed by atoms with Crippen molar-refractivity contribution < 1.29 is 4.74 Å². The molecule has 1 saturated heterocycles. The van der Waals surface area contributed by atoms with Gasteiger partial charge in [-0.2, -0.15) is 0 Å². The number of benzene rings is 1. The second kappa shape index (κ2) is 10.3. The van der Waals surface area contributed by atoms with Gasteiger partial charge in [-0.05, 0) is 44.3 Å². The molecule has 0 amide bonds. The van der Waals surface area contributed by atoms with E-state index in [9.17, 15) is 0 Å². The summed E-state index contributed by atoms with van der Waals surface area (Å²) in [5.41, 5.74) is 1.26. The Bertz CT molecular complexity index is 589. The van der Waals surface area contributed by atoms with Gasteiger partial charge in [0.15, 0.2) is 5.96 Å². The summed E-state index contributed by atoms with van der Waals surface area (Å²) >= 11 is 0. The van der Waals surface area contributed by atoms with Crippen LogP contribution in [0, 0.1) is 5.92 Å². The fourth-order valence-electron chi connectivity index (χ4n) is 3.69. The van der Waals surface area contributed by atoms with Crippen molar-refractivity contribution >= 4 is 29.9 Å². The molecule has 1 aromatic rings. The quantitative estimate of drug-likeness (QED) is 0.379. The standard InChI is InChI=1S/C20H32N4O.HI/c1-15-13-17(15)23-20(21-2)22-14-18(24-11-7-4-8-12-24)16-9-5-6-10-19(16)25-3;/h5-6,9-10,15,17-18H,4,7-8,11-14H2,1-3H3,(H2,21,22,23);1H. The SMILES string of the molecule is CN=C(NCC(c1ccccc1OC)N1CCCCC1)NC1CC1C.I. The van der Waals surface area contributed by atoms with Gasteiger partial charge in [0.25, 0.3) is 0 Å². The largest absolute Gasteiger partial charge is 0.496 e. The van der Waals surface area contributed by atoms with Crippen LogP contribution in [0.15, 0.2) is 29.3 Å². The van der Waals surface area contributed by atoms with Crippen molar-refractivity contribution in [1.29, 1.82) is 0 Å². The van der Waals surface area contributed by atoms with Crippen LogP contribution in [0.1, 0.15) is 44.2 Å². The first kappa shape index (κ1) is 21.3. The average molecular weight is 472 g/mol. The lowest BCUT2D eigenvalue weighted by molar-refractivity contribution is 0.161. The molecule has 1 aliphatic heterocycles. The Morgan fingerprint density at radius 3 is 2.58 bits per heavy atom. The molecule has 1 aromatic carbocycles. The Kier molecular flexibility index (Phi) is 8.47. The summed E-state index contributed by atoms with van der Waals surface area (Å²) in [5.74, 6) is 2.63. The van der Waals surface area contributed by atoms with E-state index < -0.39 is 0 Å². The van der Waals surface area contributed by atoms with Gasteiger partial charge < -0.3 is 15.4 Å². The maximum Gasteiger partial charge on any atom is 0.191 e. The Balaban J connectivity index is 0.00000243. The Morgan fingerprint density at radius 1 is 1.27 bits per heavy atom. The summed E-state index contributed by atoms with van der Waals surface area (Å²) in [7, 11) is 3.61. The highest BCUT2D eigenvalue weighted by atomic mass is 127. The number of nitrogens with zero attached hydrogens (tertiary/aromatic N) is 2. The van der Waals surface area contributed by atoms with Crippen LogP contribution in [-0.4, -0.2) is 50.7 Å². The molecule has 2 N–H and O–H groups in total. The second-order valence-corrected chi connectivity index (χ2v) is 7.27. The third-order valence-electron chi connectivity index (χ3n) is 5.45. The molecule has 26 heavy (non-hydrogen) atoms. The number of halogens is 1. The molecule has 0 radical (unpaired) electrons. The lowest BCUT2D eigenvalue weighted by atomic mass is 10.0. The number of ether oxygens (including phenoxy) is 1. The monoisotopic (exact) mass is 472 g/mol. The summed E-state index contributed by atoms with van der Waals surface area (Å²) in [6, 6.07) is 9.27. The topological polar surface area (TPSA) is 48.9 Å². The van der Waals surface area contributed by atoms with E-state index in [2.05, 4.69) is 45.6 Å². The maximum atomic E-state index is 5.64. The third-order valence-corrected chi connectivity index (χ3v) is 5.45. The van der Waals surface area contributed by atoms with E-state index in [1.54, 1.807) is 7.11 Å². The van der Waals surface area contributed by atoms with Crippen LogP contribution < -0.4 is 15.4 Å². The predicted octanol–water partition coefficient (Wildman–Crippen LogP) is 3.41. The molecule has 146 valence electrons. The summed E-state index contributed by atoms with van der Waals surface area (Å²) < 4.78 is 5.64. The van der Waals surface area contributed by atoms with E-state index in [1.165, 1.54) is 31.2 Å². The van der Waals surface area contributed by atoms with Gasteiger partial charge in [-0.1, -0.05) is 31.5 Å². The summed E-state index contributed by atoms with van der Waals surface area (Å²) in [6.07, 6.45) is 5.13. The summed E-state index contributed by atoms with van der Waals surface area (Å²) in [4.78, 5) is 6.99. The molecule has 2 fully saturated rings. The molecule has 5 nitrogen and oxygen atoms in total. The molecule has 0 aromatic heterocycles. The van der Waals surface area contributed by atoms with E-state index in [4.69, 9.17) is 4.74 Å². The lowest BCUT2D eigenvalue weighted by Gasteiger charge is -2.35. The first-order valence-electron chi connectivity index (χ1n) is 9.57. The highest BCUT2D eigenvalue weighted by Crippen LogP contribution is 2.31. The van der Waals surface area contributed by atoms with Crippen molar-refractivity contribution in [2.24, 2.45) is 10.9 Å². The Labute approximate surface area is 175 Å². The molecule has 2 aliphatic rings. The lowest BCUT2D eigenvalue weighted by Crippen LogP contribution is -2.45. The molecule has 0 spiro atoms. The van der Waals surface area contributed by atoms with Gasteiger partial charge in [-0.3, -0.25) is 9.89 Å². The minimum absolute atomic E-state index is 0. The zero-order valence-electron chi connectivity index (χ0n) is 16.2. The van der Waals surface area contributed by atoms with E-state index in [-0.39, 0.29) is 24.0 Å². The zero-order chi connectivity index (χ0) is 17.6. The van der Waals surface area contributed by atoms with Gasteiger partial charge in [0, 0.05) is 25.2 Å². The second-order valence-electron chi connectivity index (χ2n) is 7.27. The average Bonchev–Trinajstić information content (AvgIpc) is 3.36. The van der Waals surface area contributed by atoms with Crippen molar-refractivity contribution in [2.45, 2.75) is 44.7 Å². The van der Waals surface area contributed by atoms with Crippen molar-refractivity contribution in [3.05, 3.63) is 29.8 Å². The summed E-state index contributed by atoms with van der Waals surface area (Å²) in [5, 5.41) is 7.07. The van der Waals surface area contributed by atoms with Crippen molar-refractivity contribution in [3.8, 4) is 5.75 Å². The van der Waals surface area contributed by atoms with Crippen LogP contribution >= 0.6 is 24.0 Å². The number of para-hydroxylation sites is 1. The minimum atomic E-state index is 0. The van der Waals surface area contributed by atoms with Gasteiger partial charge in [-0.25, -0.2) is 0 Å². The normalized spacial score (nSPS) is 24.3. The molecule has 3 atom stereocenters. The number of hydrogen-bond acceptors (Lipinski definition) is 3. The van der Waals surface area contributed by atoms with Crippen LogP contribution in [-0.2, 0) is 0 Å². The van der Waals surface area contributed by atoms with Crippen LogP contribution in [0.5, 0.6) is 5.75 Å². The smallest absolute Gasteiger partial charge is 0.191 e. The van der Waals surface area contributed by atoms with Crippen LogP contribution in [0.3, 0.4) is 0 Å². The minimum Gasteiger partial charge on any atom is -0.496 e. The third kappa shape index (κ3) is 5.49. The van der Waals surface area contributed by atoms with E-state index >= 15 is 0 Å². The number of guanidine groups is 1.